The molecule has 3 heteroatoms. The van der Waals surface area contributed by atoms with Crippen LogP contribution in [-0.2, 0) is 0 Å². The molecule has 0 bridgehead atoms. The normalized spacial score (nSPS) is 19.9. The van der Waals surface area contributed by atoms with Gasteiger partial charge in [0, 0.05) is 37.8 Å². The van der Waals surface area contributed by atoms with Crippen LogP contribution in [0.3, 0.4) is 0 Å². The topological polar surface area (TPSA) is 24.5 Å². The minimum atomic E-state index is 0.461. The fourth-order valence-electron chi connectivity index (χ4n) is 2.96. The van der Waals surface area contributed by atoms with E-state index in [-0.39, 0.29) is 0 Å². The summed E-state index contributed by atoms with van der Waals surface area (Å²) in [4.78, 5) is 2.60. The second-order valence-corrected chi connectivity index (χ2v) is 5.36. The van der Waals surface area contributed by atoms with Crippen molar-refractivity contribution in [3.8, 4) is 5.75 Å². The lowest BCUT2D eigenvalue weighted by atomic mass is 9.90. The molecule has 3 nitrogen and oxygen atoms in total. The molecule has 0 saturated carbocycles. The highest BCUT2D eigenvalue weighted by Crippen LogP contribution is 2.36. The Balaban J connectivity index is 2.30. The van der Waals surface area contributed by atoms with E-state index in [1.165, 1.54) is 12.0 Å². The molecule has 1 aromatic rings. The number of rotatable bonds is 5. The molecule has 0 aromatic heterocycles. The monoisotopic (exact) mass is 262 g/mol. The number of piperazine rings is 1. The molecule has 1 aromatic carbocycles. The first-order chi connectivity index (χ1) is 9.27. The lowest BCUT2D eigenvalue weighted by Crippen LogP contribution is -2.46. The lowest BCUT2D eigenvalue weighted by Gasteiger charge is -2.39. The van der Waals surface area contributed by atoms with Gasteiger partial charge in [-0.2, -0.15) is 0 Å². The zero-order valence-electron chi connectivity index (χ0n) is 12.4. The molecule has 0 amide bonds. The van der Waals surface area contributed by atoms with Gasteiger partial charge >= 0.3 is 0 Å². The Hall–Kier alpha value is -1.06. The summed E-state index contributed by atoms with van der Waals surface area (Å²) >= 11 is 0. The first kappa shape index (κ1) is 14.4. The molecule has 0 aliphatic carbocycles. The van der Waals surface area contributed by atoms with E-state index in [2.05, 4.69) is 42.3 Å². The maximum absolute atomic E-state index is 5.57. The summed E-state index contributed by atoms with van der Waals surface area (Å²) < 4.78 is 5.57. The second-order valence-electron chi connectivity index (χ2n) is 5.36. The van der Waals surface area contributed by atoms with E-state index in [0.717, 1.165) is 31.9 Å². The summed E-state index contributed by atoms with van der Waals surface area (Å²) in [6.45, 7) is 9.03. The number of hydrogen-bond acceptors (Lipinski definition) is 3. The maximum atomic E-state index is 5.57. The van der Waals surface area contributed by atoms with E-state index in [1.807, 2.05) is 6.07 Å². The van der Waals surface area contributed by atoms with Crippen LogP contribution in [0, 0.1) is 5.92 Å². The molecule has 19 heavy (non-hydrogen) atoms. The number of nitrogens with one attached hydrogen (secondary N) is 1. The summed E-state index contributed by atoms with van der Waals surface area (Å²) in [5.41, 5.74) is 1.33. The van der Waals surface area contributed by atoms with Gasteiger partial charge in [0.2, 0.25) is 0 Å². The third kappa shape index (κ3) is 3.28. The quantitative estimate of drug-likeness (QED) is 0.883. The van der Waals surface area contributed by atoms with E-state index in [9.17, 15) is 0 Å². The van der Waals surface area contributed by atoms with E-state index < -0.39 is 0 Å². The number of hydrogen-bond donors (Lipinski definition) is 1. The highest BCUT2D eigenvalue weighted by Gasteiger charge is 2.28. The minimum Gasteiger partial charge on any atom is -0.496 e. The first-order valence-electron chi connectivity index (χ1n) is 7.35. The van der Waals surface area contributed by atoms with Crippen molar-refractivity contribution in [2.45, 2.75) is 26.3 Å². The van der Waals surface area contributed by atoms with Crippen LogP contribution in [-0.4, -0.2) is 38.2 Å². The van der Waals surface area contributed by atoms with Crippen molar-refractivity contribution in [1.82, 2.24) is 10.2 Å². The van der Waals surface area contributed by atoms with Crippen molar-refractivity contribution < 1.29 is 4.74 Å². The van der Waals surface area contributed by atoms with Crippen molar-refractivity contribution in [3.05, 3.63) is 29.8 Å². The molecular formula is C16H26N2O. The Kier molecular flexibility index (Phi) is 5.23. The van der Waals surface area contributed by atoms with Crippen LogP contribution in [0.15, 0.2) is 24.3 Å². The van der Waals surface area contributed by atoms with Crippen molar-refractivity contribution in [2.75, 3.05) is 33.3 Å². The average Bonchev–Trinajstić information content (AvgIpc) is 2.49. The van der Waals surface area contributed by atoms with Gasteiger partial charge in [0.05, 0.1) is 7.11 Å². The molecule has 2 rings (SSSR count). The minimum absolute atomic E-state index is 0.461. The van der Waals surface area contributed by atoms with Gasteiger partial charge in [-0.15, -0.1) is 0 Å². The zero-order valence-corrected chi connectivity index (χ0v) is 12.4. The van der Waals surface area contributed by atoms with Crippen LogP contribution in [0.5, 0.6) is 5.75 Å². The van der Waals surface area contributed by atoms with Gasteiger partial charge in [-0.1, -0.05) is 38.5 Å². The first-order valence-corrected chi connectivity index (χ1v) is 7.35. The number of benzene rings is 1. The molecule has 1 aliphatic heterocycles. The summed E-state index contributed by atoms with van der Waals surface area (Å²) in [5.74, 6) is 1.65. The molecule has 0 spiro atoms. The highest BCUT2D eigenvalue weighted by molar-refractivity contribution is 5.36. The van der Waals surface area contributed by atoms with Gasteiger partial charge in [0.25, 0.3) is 0 Å². The number of nitrogens with zero attached hydrogens (tertiary/aromatic N) is 1. The number of para-hydroxylation sites is 1. The maximum Gasteiger partial charge on any atom is 0.123 e. The number of ether oxygens (including phenoxy) is 1. The van der Waals surface area contributed by atoms with Gasteiger partial charge in [-0.3, -0.25) is 4.90 Å². The summed E-state index contributed by atoms with van der Waals surface area (Å²) in [7, 11) is 1.77. The Labute approximate surface area is 116 Å². The smallest absolute Gasteiger partial charge is 0.123 e. The van der Waals surface area contributed by atoms with Gasteiger partial charge in [-0.05, 0) is 12.0 Å². The standard InChI is InChI=1S/C16H26N2O/c1-4-13(2)16(18-11-9-17-10-12-18)14-7-5-6-8-15(14)19-3/h5-8,13,16-17H,4,9-12H2,1-3H3/t13?,16-/m0/s1. The van der Waals surface area contributed by atoms with Crippen molar-refractivity contribution >= 4 is 0 Å². The average molecular weight is 262 g/mol. The molecule has 106 valence electrons. The fourth-order valence-corrected chi connectivity index (χ4v) is 2.96. The Bertz CT molecular complexity index is 388. The van der Waals surface area contributed by atoms with E-state index in [0.29, 0.717) is 12.0 Å². The SMILES string of the molecule is CCC(C)[C@@H](c1ccccc1OC)N1CCNCC1. The van der Waals surface area contributed by atoms with E-state index in [4.69, 9.17) is 4.74 Å². The van der Waals surface area contributed by atoms with Gasteiger partial charge in [0.15, 0.2) is 0 Å². The number of methoxy groups -OCH3 is 1. The van der Waals surface area contributed by atoms with Gasteiger partial charge in [-0.25, -0.2) is 0 Å². The van der Waals surface area contributed by atoms with Crippen LogP contribution in [0.4, 0.5) is 0 Å². The highest BCUT2D eigenvalue weighted by atomic mass is 16.5. The van der Waals surface area contributed by atoms with Crippen LogP contribution in [0.2, 0.25) is 0 Å². The van der Waals surface area contributed by atoms with Crippen LogP contribution >= 0.6 is 0 Å². The van der Waals surface area contributed by atoms with Gasteiger partial charge in [0.1, 0.15) is 5.75 Å². The third-order valence-electron chi connectivity index (χ3n) is 4.19. The zero-order chi connectivity index (χ0) is 13.7. The molecule has 1 saturated heterocycles. The van der Waals surface area contributed by atoms with Crippen molar-refractivity contribution in [3.63, 3.8) is 0 Å². The van der Waals surface area contributed by atoms with Crippen LogP contribution in [0.1, 0.15) is 31.9 Å². The van der Waals surface area contributed by atoms with Crippen LogP contribution < -0.4 is 10.1 Å². The lowest BCUT2D eigenvalue weighted by molar-refractivity contribution is 0.126. The summed E-state index contributed by atoms with van der Waals surface area (Å²) in [6.07, 6.45) is 1.19. The molecule has 1 fully saturated rings. The second kappa shape index (κ2) is 6.92. The molecule has 0 radical (unpaired) electrons. The van der Waals surface area contributed by atoms with Crippen LogP contribution in [0.25, 0.3) is 0 Å². The molecule has 2 atom stereocenters. The van der Waals surface area contributed by atoms with Crippen molar-refractivity contribution in [1.29, 1.82) is 0 Å². The third-order valence-corrected chi connectivity index (χ3v) is 4.19. The van der Waals surface area contributed by atoms with E-state index >= 15 is 0 Å². The predicted molar refractivity (Wildman–Crippen MR) is 79.6 cm³/mol. The summed E-state index contributed by atoms with van der Waals surface area (Å²) in [6, 6.07) is 8.93. The Morgan fingerprint density at radius 3 is 2.58 bits per heavy atom. The summed E-state index contributed by atoms with van der Waals surface area (Å²) in [5, 5.41) is 3.43. The Morgan fingerprint density at radius 1 is 1.26 bits per heavy atom. The van der Waals surface area contributed by atoms with Gasteiger partial charge < -0.3 is 10.1 Å². The largest absolute Gasteiger partial charge is 0.496 e. The molecule has 1 N–H and O–H groups in total. The van der Waals surface area contributed by atoms with Crippen molar-refractivity contribution in [2.24, 2.45) is 5.92 Å². The molecule has 1 unspecified atom stereocenters. The predicted octanol–water partition coefficient (Wildman–Crippen LogP) is 2.69. The Morgan fingerprint density at radius 2 is 1.95 bits per heavy atom. The molecular weight excluding hydrogens is 236 g/mol. The fraction of sp³-hybridized carbons (Fsp3) is 0.625. The van der Waals surface area contributed by atoms with E-state index in [1.54, 1.807) is 7.11 Å². The molecule has 1 heterocycles. The molecule has 1 aliphatic rings.